The number of hydroxylamine groups is 2. The number of alkyl halides is 1. The first-order valence-electron chi connectivity index (χ1n) is 5.69. The zero-order chi connectivity index (χ0) is 10.1. The Kier molecular flexibility index (Phi) is 1.79. The minimum Gasteiger partial charge on any atom is -0.313 e. The Morgan fingerprint density at radius 2 is 2.14 bits per heavy atom. The van der Waals surface area contributed by atoms with Gasteiger partial charge >= 0.3 is 0 Å². The number of hydrogen-bond acceptors (Lipinski definition) is 2. The van der Waals surface area contributed by atoms with Crippen molar-refractivity contribution in [1.29, 1.82) is 0 Å². The Morgan fingerprint density at radius 1 is 1.43 bits per heavy atom. The topological polar surface area (TPSA) is 23.2 Å². The SMILES string of the molecule is CC(C)C1CC23C1CC(Cl)CC2N3O. The molecular weight excluding hydrogens is 198 g/mol. The summed E-state index contributed by atoms with van der Waals surface area (Å²) >= 11 is 6.23. The zero-order valence-corrected chi connectivity index (χ0v) is 9.54. The van der Waals surface area contributed by atoms with Crippen molar-refractivity contribution in [2.24, 2.45) is 17.8 Å². The van der Waals surface area contributed by atoms with Gasteiger partial charge in [0.15, 0.2) is 0 Å². The highest BCUT2D eigenvalue weighted by Crippen LogP contribution is 2.67. The van der Waals surface area contributed by atoms with Gasteiger partial charge in [0.2, 0.25) is 0 Å². The van der Waals surface area contributed by atoms with Crippen LogP contribution in [-0.2, 0) is 0 Å². The first-order chi connectivity index (χ1) is 6.57. The van der Waals surface area contributed by atoms with E-state index in [0.717, 1.165) is 24.7 Å². The van der Waals surface area contributed by atoms with Crippen LogP contribution in [0.5, 0.6) is 0 Å². The molecular formula is C11H18ClNO. The summed E-state index contributed by atoms with van der Waals surface area (Å²) in [6, 6.07) is 0.388. The minimum atomic E-state index is 0.181. The van der Waals surface area contributed by atoms with Crippen molar-refractivity contribution in [2.45, 2.75) is 50.1 Å². The highest BCUT2D eigenvalue weighted by Gasteiger charge is 2.76. The maximum Gasteiger partial charge on any atom is 0.0677 e. The van der Waals surface area contributed by atoms with Gasteiger partial charge in [0.05, 0.1) is 11.6 Å². The molecule has 0 radical (unpaired) electrons. The highest BCUT2D eigenvalue weighted by atomic mass is 35.5. The van der Waals surface area contributed by atoms with E-state index >= 15 is 0 Å². The predicted octanol–water partition coefficient (Wildman–Crippen LogP) is 2.49. The third kappa shape index (κ3) is 0.903. The van der Waals surface area contributed by atoms with Crippen LogP contribution < -0.4 is 0 Å². The van der Waals surface area contributed by atoms with Gasteiger partial charge in [-0.05, 0) is 37.0 Å². The van der Waals surface area contributed by atoms with Crippen LogP contribution in [0.4, 0.5) is 0 Å². The first-order valence-corrected chi connectivity index (χ1v) is 6.13. The molecule has 3 aliphatic rings. The lowest BCUT2D eigenvalue weighted by molar-refractivity contribution is -0.0844. The monoisotopic (exact) mass is 215 g/mol. The Morgan fingerprint density at radius 3 is 2.79 bits per heavy atom. The van der Waals surface area contributed by atoms with Gasteiger partial charge < -0.3 is 5.21 Å². The molecule has 3 rings (SSSR count). The van der Waals surface area contributed by atoms with E-state index in [1.165, 1.54) is 6.42 Å². The second-order valence-electron chi connectivity index (χ2n) is 5.64. The van der Waals surface area contributed by atoms with Crippen molar-refractivity contribution < 1.29 is 5.21 Å². The number of halogens is 1. The van der Waals surface area contributed by atoms with Crippen LogP contribution in [0.15, 0.2) is 0 Å². The molecule has 6 atom stereocenters. The van der Waals surface area contributed by atoms with Crippen LogP contribution in [0, 0.1) is 17.8 Å². The minimum absolute atomic E-state index is 0.181. The summed E-state index contributed by atoms with van der Waals surface area (Å²) in [4.78, 5) is 0. The number of rotatable bonds is 1. The smallest absolute Gasteiger partial charge is 0.0677 e. The summed E-state index contributed by atoms with van der Waals surface area (Å²) in [7, 11) is 0. The van der Waals surface area contributed by atoms with Crippen LogP contribution in [0.3, 0.4) is 0 Å². The zero-order valence-electron chi connectivity index (χ0n) is 8.78. The Hall–Kier alpha value is 0.210. The Labute approximate surface area is 90.2 Å². The summed E-state index contributed by atoms with van der Waals surface area (Å²) in [6.07, 6.45) is 3.29. The van der Waals surface area contributed by atoms with Crippen LogP contribution in [0.25, 0.3) is 0 Å². The predicted molar refractivity (Wildman–Crippen MR) is 55.5 cm³/mol. The van der Waals surface area contributed by atoms with Gasteiger partial charge in [0.25, 0.3) is 0 Å². The van der Waals surface area contributed by atoms with Crippen LogP contribution in [0.2, 0.25) is 0 Å². The molecule has 0 aromatic heterocycles. The van der Waals surface area contributed by atoms with Crippen molar-refractivity contribution in [1.82, 2.24) is 5.06 Å². The second kappa shape index (κ2) is 2.66. The van der Waals surface area contributed by atoms with E-state index in [9.17, 15) is 5.21 Å². The quantitative estimate of drug-likeness (QED) is 0.537. The summed E-state index contributed by atoms with van der Waals surface area (Å²) in [6.45, 7) is 4.57. The van der Waals surface area contributed by atoms with Crippen molar-refractivity contribution in [3.05, 3.63) is 0 Å². The average molecular weight is 216 g/mol. The van der Waals surface area contributed by atoms with Crippen LogP contribution >= 0.6 is 11.6 Å². The molecule has 6 unspecified atom stereocenters. The molecule has 2 nitrogen and oxygen atoms in total. The van der Waals surface area contributed by atoms with Gasteiger partial charge in [-0.3, -0.25) is 0 Å². The van der Waals surface area contributed by atoms with Gasteiger partial charge in [0, 0.05) is 5.38 Å². The van der Waals surface area contributed by atoms with E-state index in [-0.39, 0.29) is 10.9 Å². The molecule has 2 aliphatic carbocycles. The molecule has 1 saturated heterocycles. The maximum absolute atomic E-state index is 9.80. The molecule has 1 spiro atoms. The molecule has 0 amide bonds. The number of hydrogen-bond donors (Lipinski definition) is 1. The average Bonchev–Trinajstić information content (AvgIpc) is 2.65. The molecule has 0 aromatic carbocycles. The largest absolute Gasteiger partial charge is 0.313 e. The summed E-state index contributed by atoms with van der Waals surface area (Å²) in [5.74, 6) is 2.19. The van der Waals surface area contributed by atoms with E-state index in [1.54, 1.807) is 5.06 Å². The lowest BCUT2D eigenvalue weighted by atomic mass is 9.54. The standard InChI is InChI=1S/C11H18ClNO/c1-6(2)8-5-11-9(8)3-7(12)4-10(11)13(11)14/h6-10,14H,3-5H2,1-2H3. The Balaban J connectivity index is 1.81. The fourth-order valence-corrected chi connectivity index (χ4v) is 4.28. The first kappa shape index (κ1) is 9.44. The van der Waals surface area contributed by atoms with Crippen molar-refractivity contribution in [3.63, 3.8) is 0 Å². The van der Waals surface area contributed by atoms with Gasteiger partial charge in [-0.25, -0.2) is 0 Å². The summed E-state index contributed by atoms with van der Waals surface area (Å²) in [5, 5.41) is 11.7. The number of nitrogens with zero attached hydrogens (tertiary/aromatic N) is 1. The van der Waals surface area contributed by atoms with Gasteiger partial charge in [-0.2, -0.15) is 5.06 Å². The lowest BCUT2D eigenvalue weighted by Gasteiger charge is -2.50. The fraction of sp³-hybridized carbons (Fsp3) is 1.00. The summed E-state index contributed by atoms with van der Waals surface area (Å²) < 4.78 is 0. The van der Waals surface area contributed by atoms with Crippen LogP contribution in [-0.4, -0.2) is 27.2 Å². The molecule has 14 heavy (non-hydrogen) atoms. The molecule has 1 aliphatic heterocycles. The molecule has 1 heterocycles. The highest BCUT2D eigenvalue weighted by molar-refractivity contribution is 6.20. The van der Waals surface area contributed by atoms with E-state index in [4.69, 9.17) is 11.6 Å². The molecule has 3 heteroatoms. The van der Waals surface area contributed by atoms with Crippen molar-refractivity contribution >= 4 is 11.6 Å². The molecule has 3 fully saturated rings. The van der Waals surface area contributed by atoms with Crippen molar-refractivity contribution in [3.8, 4) is 0 Å². The summed E-state index contributed by atoms with van der Waals surface area (Å²) in [5.41, 5.74) is 0.181. The third-order valence-corrected chi connectivity index (χ3v) is 5.15. The van der Waals surface area contributed by atoms with Gasteiger partial charge in [-0.1, -0.05) is 13.8 Å². The van der Waals surface area contributed by atoms with E-state index in [0.29, 0.717) is 12.0 Å². The fourth-order valence-electron chi connectivity index (χ4n) is 3.92. The van der Waals surface area contributed by atoms with Crippen molar-refractivity contribution in [2.75, 3.05) is 0 Å². The van der Waals surface area contributed by atoms with E-state index in [2.05, 4.69) is 13.8 Å². The normalized spacial score (nSPS) is 60.2. The maximum atomic E-state index is 9.80. The molecule has 0 aromatic rings. The Bertz CT molecular complexity index is 270. The van der Waals surface area contributed by atoms with Crippen LogP contribution in [0.1, 0.15) is 33.1 Å². The van der Waals surface area contributed by atoms with Gasteiger partial charge in [0.1, 0.15) is 0 Å². The molecule has 1 N–H and O–H groups in total. The van der Waals surface area contributed by atoms with E-state index < -0.39 is 0 Å². The third-order valence-electron chi connectivity index (χ3n) is 4.80. The second-order valence-corrected chi connectivity index (χ2v) is 6.26. The molecule has 0 bridgehead atoms. The van der Waals surface area contributed by atoms with Gasteiger partial charge in [-0.15, -0.1) is 11.6 Å². The molecule has 2 saturated carbocycles. The molecule has 80 valence electrons. The lowest BCUT2D eigenvalue weighted by Crippen LogP contribution is -2.53. The van der Waals surface area contributed by atoms with E-state index in [1.807, 2.05) is 0 Å².